The maximum atomic E-state index is 11.4. The van der Waals surface area contributed by atoms with Crippen molar-refractivity contribution in [3.63, 3.8) is 0 Å². The Morgan fingerprint density at radius 1 is 1.43 bits per heavy atom. The van der Waals surface area contributed by atoms with Crippen molar-refractivity contribution in [1.82, 2.24) is 0 Å². The molecule has 1 heterocycles. The van der Waals surface area contributed by atoms with Crippen LogP contribution in [0.2, 0.25) is 0 Å². The fraction of sp³-hybridized carbons (Fsp3) is 0.600. The summed E-state index contributed by atoms with van der Waals surface area (Å²) in [6, 6.07) is 0. The van der Waals surface area contributed by atoms with E-state index in [0.717, 1.165) is 0 Å². The summed E-state index contributed by atoms with van der Waals surface area (Å²) < 4.78 is 9.79. The maximum Gasteiger partial charge on any atom is 0.379 e. The van der Waals surface area contributed by atoms with Crippen LogP contribution in [0, 0.1) is 0 Å². The second kappa shape index (κ2) is 3.82. The highest BCUT2D eigenvalue weighted by atomic mass is 16.6. The zero-order valence-corrected chi connectivity index (χ0v) is 8.62. The standard InChI is InChI=1S/C10H14O4/c1-10(2,3)14-9(12)8(11)7-4-5-13-6-7/h6H,4-5H2,1-3H3. The molecule has 0 aliphatic carbocycles. The molecular weight excluding hydrogens is 184 g/mol. The lowest BCUT2D eigenvalue weighted by Crippen LogP contribution is -2.29. The van der Waals surface area contributed by atoms with Gasteiger partial charge in [-0.05, 0) is 20.8 Å². The minimum atomic E-state index is -0.811. The van der Waals surface area contributed by atoms with Gasteiger partial charge < -0.3 is 9.47 Å². The number of hydrogen-bond donors (Lipinski definition) is 0. The fourth-order valence-electron chi connectivity index (χ4n) is 1.01. The van der Waals surface area contributed by atoms with Crippen LogP contribution in [0.1, 0.15) is 27.2 Å². The molecule has 0 bridgehead atoms. The van der Waals surface area contributed by atoms with E-state index in [2.05, 4.69) is 0 Å². The molecule has 0 aromatic carbocycles. The van der Waals surface area contributed by atoms with Crippen LogP contribution in [-0.2, 0) is 19.1 Å². The van der Waals surface area contributed by atoms with Gasteiger partial charge in [-0.3, -0.25) is 4.79 Å². The van der Waals surface area contributed by atoms with Crippen LogP contribution in [0.25, 0.3) is 0 Å². The van der Waals surface area contributed by atoms with Crippen molar-refractivity contribution in [2.45, 2.75) is 32.8 Å². The molecule has 0 saturated carbocycles. The smallest absolute Gasteiger partial charge is 0.379 e. The molecule has 0 spiro atoms. The average molecular weight is 198 g/mol. The number of rotatable bonds is 2. The highest BCUT2D eigenvalue weighted by Gasteiger charge is 2.27. The molecule has 1 aliphatic heterocycles. The van der Waals surface area contributed by atoms with E-state index in [0.29, 0.717) is 18.6 Å². The summed E-state index contributed by atoms with van der Waals surface area (Å²) in [4.78, 5) is 22.7. The van der Waals surface area contributed by atoms with E-state index in [4.69, 9.17) is 9.47 Å². The van der Waals surface area contributed by atoms with E-state index in [-0.39, 0.29) is 0 Å². The molecule has 0 amide bonds. The van der Waals surface area contributed by atoms with Gasteiger partial charge in [0.2, 0.25) is 0 Å². The van der Waals surface area contributed by atoms with Crippen molar-refractivity contribution in [3.05, 3.63) is 11.8 Å². The molecule has 78 valence electrons. The maximum absolute atomic E-state index is 11.4. The van der Waals surface area contributed by atoms with Gasteiger partial charge in [0, 0.05) is 12.0 Å². The number of esters is 1. The van der Waals surface area contributed by atoms with E-state index < -0.39 is 17.4 Å². The highest BCUT2D eigenvalue weighted by Crippen LogP contribution is 2.14. The fourth-order valence-corrected chi connectivity index (χ4v) is 1.01. The summed E-state index contributed by atoms with van der Waals surface area (Å²) in [5, 5.41) is 0. The van der Waals surface area contributed by atoms with Gasteiger partial charge in [-0.25, -0.2) is 4.79 Å². The number of ether oxygens (including phenoxy) is 2. The van der Waals surface area contributed by atoms with Crippen molar-refractivity contribution in [2.24, 2.45) is 0 Å². The van der Waals surface area contributed by atoms with Crippen molar-refractivity contribution < 1.29 is 19.1 Å². The Balaban J connectivity index is 2.57. The Morgan fingerprint density at radius 2 is 2.07 bits per heavy atom. The van der Waals surface area contributed by atoms with Gasteiger partial charge in [-0.2, -0.15) is 0 Å². The third-order valence-corrected chi connectivity index (χ3v) is 1.59. The van der Waals surface area contributed by atoms with Crippen molar-refractivity contribution in [1.29, 1.82) is 0 Å². The SMILES string of the molecule is CC(C)(C)OC(=O)C(=O)C1=COCC1. The minimum Gasteiger partial charge on any atom is -0.500 e. The second-order valence-corrected chi connectivity index (χ2v) is 4.09. The van der Waals surface area contributed by atoms with Gasteiger partial charge in [0.1, 0.15) is 5.60 Å². The molecule has 4 heteroatoms. The van der Waals surface area contributed by atoms with E-state index in [9.17, 15) is 9.59 Å². The lowest BCUT2D eigenvalue weighted by Gasteiger charge is -2.18. The third kappa shape index (κ3) is 2.87. The van der Waals surface area contributed by atoms with Gasteiger partial charge in [-0.15, -0.1) is 0 Å². The van der Waals surface area contributed by atoms with Crippen LogP contribution in [0.4, 0.5) is 0 Å². The third-order valence-electron chi connectivity index (χ3n) is 1.59. The normalized spacial score (nSPS) is 15.8. The topological polar surface area (TPSA) is 52.6 Å². The first-order chi connectivity index (χ1) is 6.40. The lowest BCUT2D eigenvalue weighted by atomic mass is 10.1. The van der Waals surface area contributed by atoms with Gasteiger partial charge in [0.25, 0.3) is 5.78 Å². The van der Waals surface area contributed by atoms with Gasteiger partial charge in [0.15, 0.2) is 0 Å². The molecule has 4 nitrogen and oxygen atoms in total. The molecule has 14 heavy (non-hydrogen) atoms. The largest absolute Gasteiger partial charge is 0.500 e. The van der Waals surface area contributed by atoms with Crippen LogP contribution in [0.15, 0.2) is 11.8 Å². The number of hydrogen-bond acceptors (Lipinski definition) is 4. The van der Waals surface area contributed by atoms with E-state index in [1.165, 1.54) is 6.26 Å². The first kappa shape index (κ1) is 10.8. The molecule has 0 aromatic rings. The Hall–Kier alpha value is -1.32. The molecule has 1 rings (SSSR count). The molecule has 1 aliphatic rings. The Bertz CT molecular complexity index is 283. The quantitative estimate of drug-likeness (QED) is 0.494. The number of ketones is 1. The molecule has 0 fully saturated rings. The molecule has 0 aromatic heterocycles. The van der Waals surface area contributed by atoms with E-state index in [1.807, 2.05) is 0 Å². The van der Waals surface area contributed by atoms with Crippen LogP contribution in [0.3, 0.4) is 0 Å². The van der Waals surface area contributed by atoms with Crippen LogP contribution >= 0.6 is 0 Å². The predicted octanol–water partition coefficient (Wildman–Crippen LogP) is 1.20. The molecular formula is C10H14O4. The molecule has 0 saturated heterocycles. The second-order valence-electron chi connectivity index (χ2n) is 4.09. The number of carbonyl (C=O) groups is 2. The van der Waals surface area contributed by atoms with Crippen LogP contribution in [-0.4, -0.2) is 24.0 Å². The predicted molar refractivity (Wildman–Crippen MR) is 49.5 cm³/mol. The molecule has 0 atom stereocenters. The van der Waals surface area contributed by atoms with Crippen molar-refractivity contribution in [3.8, 4) is 0 Å². The van der Waals surface area contributed by atoms with Crippen LogP contribution < -0.4 is 0 Å². The lowest BCUT2D eigenvalue weighted by molar-refractivity contribution is -0.161. The summed E-state index contributed by atoms with van der Waals surface area (Å²) in [5.41, 5.74) is -0.244. The zero-order chi connectivity index (χ0) is 10.8. The number of carbonyl (C=O) groups excluding carboxylic acids is 2. The summed E-state index contributed by atoms with van der Waals surface area (Å²) >= 11 is 0. The summed E-state index contributed by atoms with van der Waals surface area (Å²) in [6.07, 6.45) is 1.81. The van der Waals surface area contributed by atoms with E-state index >= 15 is 0 Å². The summed E-state index contributed by atoms with van der Waals surface area (Å²) in [7, 11) is 0. The first-order valence-corrected chi connectivity index (χ1v) is 4.48. The zero-order valence-electron chi connectivity index (χ0n) is 8.62. The molecule has 0 unspecified atom stereocenters. The van der Waals surface area contributed by atoms with E-state index in [1.54, 1.807) is 20.8 Å². The summed E-state index contributed by atoms with van der Waals surface area (Å²) in [5.74, 6) is -1.41. The Morgan fingerprint density at radius 3 is 2.50 bits per heavy atom. The van der Waals surface area contributed by atoms with Gasteiger partial charge >= 0.3 is 5.97 Å². The van der Waals surface area contributed by atoms with Crippen molar-refractivity contribution in [2.75, 3.05) is 6.61 Å². The van der Waals surface area contributed by atoms with Crippen molar-refractivity contribution >= 4 is 11.8 Å². The monoisotopic (exact) mass is 198 g/mol. The molecule has 0 N–H and O–H groups in total. The van der Waals surface area contributed by atoms with Crippen LogP contribution in [0.5, 0.6) is 0 Å². The Kier molecular flexibility index (Phi) is 2.93. The highest BCUT2D eigenvalue weighted by molar-refractivity contribution is 6.40. The summed E-state index contributed by atoms with van der Waals surface area (Å²) in [6.45, 7) is 5.62. The average Bonchev–Trinajstić information content (AvgIpc) is 2.51. The van der Waals surface area contributed by atoms with Gasteiger partial charge in [0.05, 0.1) is 12.9 Å². The van der Waals surface area contributed by atoms with Gasteiger partial charge in [-0.1, -0.05) is 0 Å². The first-order valence-electron chi connectivity index (χ1n) is 4.48. The number of Topliss-reactive ketones (excluding diaryl/α,β-unsaturated/α-hetero) is 1. The Labute approximate surface area is 82.9 Å². The molecule has 0 radical (unpaired) electrons. The minimum absolute atomic E-state index is 0.388.